The van der Waals surface area contributed by atoms with Crippen molar-refractivity contribution in [3.05, 3.63) is 71.3 Å². The minimum atomic E-state index is -0.506. The van der Waals surface area contributed by atoms with E-state index in [-0.39, 0.29) is 16.9 Å². The predicted octanol–water partition coefficient (Wildman–Crippen LogP) is 4.14. The van der Waals surface area contributed by atoms with E-state index in [1.165, 1.54) is 5.56 Å². The third kappa shape index (κ3) is 5.26. The Morgan fingerprint density at radius 2 is 1.66 bits per heavy atom. The summed E-state index contributed by atoms with van der Waals surface area (Å²) >= 11 is 0. The summed E-state index contributed by atoms with van der Waals surface area (Å²) in [5, 5.41) is 14.0. The zero-order chi connectivity index (χ0) is 21.1. The maximum Gasteiger partial charge on any atom is 0.217 e. The molecule has 1 aliphatic heterocycles. The Kier molecular flexibility index (Phi) is 6.45. The van der Waals surface area contributed by atoms with Gasteiger partial charge in [0.05, 0.1) is 11.6 Å². The number of aliphatic hydroxyl groups excluding tert-OH is 1. The highest BCUT2D eigenvalue weighted by Crippen LogP contribution is 2.34. The lowest BCUT2D eigenvalue weighted by atomic mass is 9.80. The zero-order valence-corrected chi connectivity index (χ0v) is 18.1. The number of carbonyl (C=O) groups is 1. The summed E-state index contributed by atoms with van der Waals surface area (Å²) in [5.41, 5.74) is 3.19. The minimum Gasteiger partial charge on any atom is -0.387 e. The molecule has 1 atom stereocenters. The van der Waals surface area contributed by atoms with E-state index in [4.69, 9.17) is 0 Å². The Morgan fingerprint density at radius 1 is 1.07 bits per heavy atom. The highest BCUT2D eigenvalue weighted by Gasteiger charge is 2.37. The van der Waals surface area contributed by atoms with Crippen LogP contribution in [0.3, 0.4) is 0 Å². The molecule has 1 saturated heterocycles. The maximum absolute atomic E-state index is 11.9. The lowest BCUT2D eigenvalue weighted by Crippen LogP contribution is -2.53. The number of β-amino-alcohol motifs (C(OH)–C–C–N with tert-alkyl or cyclic N) is 1. The van der Waals surface area contributed by atoms with Crippen molar-refractivity contribution in [2.24, 2.45) is 0 Å². The number of hydrogen-bond donors (Lipinski definition) is 2. The maximum atomic E-state index is 11.9. The lowest BCUT2D eigenvalue weighted by Gasteiger charge is -2.43. The highest BCUT2D eigenvalue weighted by atomic mass is 16.3. The van der Waals surface area contributed by atoms with Crippen LogP contribution < -0.4 is 5.32 Å². The van der Waals surface area contributed by atoms with Crippen LogP contribution in [0, 0.1) is 0 Å². The molecule has 0 aliphatic carbocycles. The standard InChI is InChI=1S/C25H34N2O2/c1-19(28)26-25(22-8-6-5-7-9-22)14-16-27(17-15-25)18-23(29)20-10-12-21(13-11-20)24(2,3)4/h5-13,23,29H,14-18H2,1-4H3,(H,26,28). The van der Waals surface area contributed by atoms with Crippen molar-refractivity contribution in [2.45, 2.75) is 57.6 Å². The molecule has 156 valence electrons. The monoisotopic (exact) mass is 394 g/mol. The summed E-state index contributed by atoms with van der Waals surface area (Å²) in [7, 11) is 0. The molecule has 1 heterocycles. The minimum absolute atomic E-state index is 0.00118. The molecule has 1 unspecified atom stereocenters. The van der Waals surface area contributed by atoms with Gasteiger partial charge in [0.1, 0.15) is 0 Å². The molecule has 0 aromatic heterocycles. The van der Waals surface area contributed by atoms with Gasteiger partial charge in [-0.25, -0.2) is 0 Å². The summed E-state index contributed by atoms with van der Waals surface area (Å²) in [6, 6.07) is 18.6. The Hall–Kier alpha value is -2.17. The first-order chi connectivity index (χ1) is 13.7. The summed E-state index contributed by atoms with van der Waals surface area (Å²) in [6.07, 6.45) is 1.17. The van der Waals surface area contributed by atoms with Gasteiger partial charge in [-0.05, 0) is 34.9 Å². The van der Waals surface area contributed by atoms with Crippen LogP contribution in [0.1, 0.15) is 63.3 Å². The zero-order valence-electron chi connectivity index (χ0n) is 18.1. The van der Waals surface area contributed by atoms with Crippen molar-refractivity contribution in [1.82, 2.24) is 10.2 Å². The van der Waals surface area contributed by atoms with Crippen LogP contribution in [0.2, 0.25) is 0 Å². The Balaban J connectivity index is 1.64. The third-order valence-electron chi connectivity index (χ3n) is 6.04. The van der Waals surface area contributed by atoms with Gasteiger partial charge < -0.3 is 15.3 Å². The quantitative estimate of drug-likeness (QED) is 0.801. The van der Waals surface area contributed by atoms with E-state index in [0.29, 0.717) is 6.54 Å². The fraction of sp³-hybridized carbons (Fsp3) is 0.480. The molecule has 0 spiro atoms. The Labute approximate surface area is 174 Å². The van der Waals surface area contributed by atoms with Gasteiger partial charge in [-0.2, -0.15) is 0 Å². The number of carbonyl (C=O) groups excluding carboxylic acids is 1. The van der Waals surface area contributed by atoms with E-state index in [0.717, 1.165) is 37.1 Å². The Bertz CT molecular complexity index is 801. The van der Waals surface area contributed by atoms with E-state index < -0.39 is 6.10 Å². The van der Waals surface area contributed by atoms with Gasteiger partial charge in [-0.3, -0.25) is 4.79 Å². The van der Waals surface area contributed by atoms with Crippen LogP contribution in [0.5, 0.6) is 0 Å². The molecule has 3 rings (SSSR count). The largest absolute Gasteiger partial charge is 0.387 e. The van der Waals surface area contributed by atoms with Crippen LogP contribution in [0.15, 0.2) is 54.6 Å². The molecule has 0 radical (unpaired) electrons. The first kappa shape index (κ1) is 21.5. The molecule has 1 fully saturated rings. The van der Waals surface area contributed by atoms with Gasteiger partial charge in [0.2, 0.25) is 5.91 Å². The van der Waals surface area contributed by atoms with Gasteiger partial charge in [0, 0.05) is 26.6 Å². The number of aliphatic hydroxyl groups is 1. The van der Waals surface area contributed by atoms with E-state index in [1.807, 2.05) is 30.3 Å². The fourth-order valence-corrected chi connectivity index (χ4v) is 4.25. The Morgan fingerprint density at radius 3 is 2.17 bits per heavy atom. The average molecular weight is 395 g/mol. The van der Waals surface area contributed by atoms with Crippen molar-refractivity contribution in [2.75, 3.05) is 19.6 Å². The number of benzene rings is 2. The molecule has 2 aromatic rings. The number of nitrogens with one attached hydrogen (secondary N) is 1. The number of hydrogen-bond acceptors (Lipinski definition) is 3. The third-order valence-corrected chi connectivity index (χ3v) is 6.04. The SMILES string of the molecule is CC(=O)NC1(c2ccccc2)CCN(CC(O)c2ccc(C(C)(C)C)cc2)CC1. The van der Waals surface area contributed by atoms with Crippen LogP contribution in [-0.2, 0) is 15.7 Å². The molecule has 0 saturated carbocycles. The number of rotatable bonds is 5. The van der Waals surface area contributed by atoms with Gasteiger partial charge in [-0.1, -0.05) is 75.4 Å². The molecule has 1 amide bonds. The normalized spacial score (nSPS) is 18.2. The second kappa shape index (κ2) is 8.68. The van der Waals surface area contributed by atoms with E-state index in [9.17, 15) is 9.90 Å². The lowest BCUT2D eigenvalue weighted by molar-refractivity contribution is -0.121. The molecular formula is C25H34N2O2. The number of likely N-dealkylation sites (tertiary alicyclic amines) is 1. The molecular weight excluding hydrogens is 360 g/mol. The topological polar surface area (TPSA) is 52.6 Å². The van der Waals surface area contributed by atoms with Crippen molar-refractivity contribution >= 4 is 5.91 Å². The van der Waals surface area contributed by atoms with Crippen molar-refractivity contribution in [3.8, 4) is 0 Å². The van der Waals surface area contributed by atoms with Gasteiger partial charge in [-0.15, -0.1) is 0 Å². The van der Waals surface area contributed by atoms with Crippen LogP contribution in [0.25, 0.3) is 0 Å². The highest BCUT2D eigenvalue weighted by molar-refractivity contribution is 5.74. The van der Waals surface area contributed by atoms with E-state index >= 15 is 0 Å². The van der Waals surface area contributed by atoms with Gasteiger partial charge in [0.15, 0.2) is 0 Å². The van der Waals surface area contributed by atoms with Crippen molar-refractivity contribution in [1.29, 1.82) is 0 Å². The van der Waals surface area contributed by atoms with Crippen LogP contribution in [0.4, 0.5) is 0 Å². The second-order valence-electron chi connectivity index (χ2n) is 9.32. The fourth-order valence-electron chi connectivity index (χ4n) is 4.25. The molecule has 29 heavy (non-hydrogen) atoms. The van der Waals surface area contributed by atoms with E-state index in [2.05, 4.69) is 55.3 Å². The first-order valence-corrected chi connectivity index (χ1v) is 10.5. The number of piperidine rings is 1. The van der Waals surface area contributed by atoms with E-state index in [1.54, 1.807) is 6.92 Å². The molecule has 1 aliphatic rings. The van der Waals surface area contributed by atoms with Gasteiger partial charge in [0.25, 0.3) is 0 Å². The number of amides is 1. The predicted molar refractivity (Wildman–Crippen MR) is 118 cm³/mol. The molecule has 2 aromatic carbocycles. The summed E-state index contributed by atoms with van der Waals surface area (Å²) in [4.78, 5) is 14.2. The van der Waals surface area contributed by atoms with Crippen molar-refractivity contribution in [3.63, 3.8) is 0 Å². The number of nitrogens with zero attached hydrogens (tertiary/aromatic N) is 1. The summed E-state index contributed by atoms with van der Waals surface area (Å²) in [5.74, 6) is 0.00118. The molecule has 4 heteroatoms. The summed E-state index contributed by atoms with van der Waals surface area (Å²) in [6.45, 7) is 10.5. The molecule has 0 bridgehead atoms. The first-order valence-electron chi connectivity index (χ1n) is 10.5. The average Bonchev–Trinajstić information content (AvgIpc) is 2.69. The smallest absolute Gasteiger partial charge is 0.217 e. The summed E-state index contributed by atoms with van der Waals surface area (Å²) < 4.78 is 0. The van der Waals surface area contributed by atoms with Crippen LogP contribution in [-0.4, -0.2) is 35.5 Å². The van der Waals surface area contributed by atoms with Crippen molar-refractivity contribution < 1.29 is 9.90 Å². The molecule has 2 N–H and O–H groups in total. The second-order valence-corrected chi connectivity index (χ2v) is 9.32. The van der Waals surface area contributed by atoms with Gasteiger partial charge >= 0.3 is 0 Å². The molecule has 4 nitrogen and oxygen atoms in total. The van der Waals surface area contributed by atoms with Crippen LogP contribution >= 0.6 is 0 Å².